The maximum Gasteiger partial charge on any atom is 0.209 e. The first-order valence-corrected chi connectivity index (χ1v) is 7.74. The Hall–Kier alpha value is -1.59. The van der Waals surface area contributed by atoms with Crippen molar-refractivity contribution >= 4 is 16.8 Å². The quantitative estimate of drug-likeness (QED) is 0.857. The topological polar surface area (TPSA) is 64.5 Å². The van der Waals surface area contributed by atoms with Gasteiger partial charge in [-0.15, -0.1) is 0 Å². The number of rotatable bonds is 5. The molecule has 3 rings (SSSR count). The molecule has 1 fully saturated rings. The van der Waals surface area contributed by atoms with Gasteiger partial charge in [0.15, 0.2) is 5.58 Å². The normalized spacial score (nSPS) is 20.1. The van der Waals surface area contributed by atoms with Crippen molar-refractivity contribution in [2.24, 2.45) is 0 Å². The first-order chi connectivity index (χ1) is 10.3. The number of ether oxygens (including phenoxy) is 1. The summed E-state index contributed by atoms with van der Waals surface area (Å²) in [5.41, 5.74) is 8.13. The summed E-state index contributed by atoms with van der Waals surface area (Å²) in [6.45, 7) is 5.73. The van der Waals surface area contributed by atoms with Crippen molar-refractivity contribution in [1.82, 2.24) is 9.88 Å². The molecule has 1 aliphatic heterocycles. The number of nitrogens with zero attached hydrogens (tertiary/aromatic N) is 2. The van der Waals surface area contributed by atoms with Crippen molar-refractivity contribution in [3.8, 4) is 0 Å². The molecule has 0 aliphatic carbocycles. The molecule has 2 N–H and O–H groups in total. The van der Waals surface area contributed by atoms with E-state index >= 15 is 0 Å². The summed E-state index contributed by atoms with van der Waals surface area (Å²) in [5, 5.41) is 0. The number of nitrogen functional groups attached to an aromatic ring is 1. The van der Waals surface area contributed by atoms with Crippen LogP contribution in [-0.4, -0.2) is 35.7 Å². The summed E-state index contributed by atoms with van der Waals surface area (Å²) in [4.78, 5) is 6.87. The zero-order valence-electron chi connectivity index (χ0n) is 12.5. The fraction of sp³-hybridized carbons (Fsp3) is 0.562. The summed E-state index contributed by atoms with van der Waals surface area (Å²) in [7, 11) is 0. The SMILES string of the molecule is CCCOC1CCCN(Cc2nc3c(N)cccc3o2)C1. The predicted octanol–water partition coefficient (Wildman–Crippen LogP) is 2.80. The van der Waals surface area contributed by atoms with Crippen LogP contribution in [0.4, 0.5) is 5.69 Å². The van der Waals surface area contributed by atoms with E-state index in [0.29, 0.717) is 11.8 Å². The van der Waals surface area contributed by atoms with Gasteiger partial charge < -0.3 is 14.9 Å². The van der Waals surface area contributed by atoms with Gasteiger partial charge in [-0.1, -0.05) is 13.0 Å². The lowest BCUT2D eigenvalue weighted by Gasteiger charge is -2.31. The number of likely N-dealkylation sites (tertiary alicyclic amines) is 1. The molecule has 0 amide bonds. The number of benzene rings is 1. The molecule has 1 saturated heterocycles. The van der Waals surface area contributed by atoms with Gasteiger partial charge in [-0.25, -0.2) is 4.98 Å². The Balaban J connectivity index is 1.65. The molecular weight excluding hydrogens is 266 g/mol. The third-order valence-electron chi connectivity index (χ3n) is 3.87. The van der Waals surface area contributed by atoms with Crippen LogP contribution in [-0.2, 0) is 11.3 Å². The number of fused-ring (bicyclic) bond motifs is 1. The van der Waals surface area contributed by atoms with Gasteiger partial charge in [0, 0.05) is 13.2 Å². The van der Waals surface area contributed by atoms with Crippen LogP contribution in [0.3, 0.4) is 0 Å². The van der Waals surface area contributed by atoms with Gasteiger partial charge in [0.05, 0.1) is 18.3 Å². The summed E-state index contributed by atoms with van der Waals surface area (Å²) < 4.78 is 11.7. The summed E-state index contributed by atoms with van der Waals surface area (Å²) in [5.74, 6) is 0.735. The van der Waals surface area contributed by atoms with Crippen LogP contribution in [0.5, 0.6) is 0 Å². The molecule has 0 saturated carbocycles. The standard InChI is InChI=1S/C16H23N3O2/c1-2-9-20-12-5-4-8-19(10-12)11-15-18-16-13(17)6-3-7-14(16)21-15/h3,6-7,12H,2,4-5,8-11,17H2,1H3. The number of para-hydroxylation sites is 1. The first-order valence-electron chi connectivity index (χ1n) is 7.74. The number of piperidine rings is 1. The second-order valence-corrected chi connectivity index (χ2v) is 5.67. The molecule has 0 spiro atoms. The van der Waals surface area contributed by atoms with Gasteiger partial charge in [-0.05, 0) is 37.9 Å². The fourth-order valence-corrected chi connectivity index (χ4v) is 2.85. The Morgan fingerprint density at radius 1 is 1.48 bits per heavy atom. The van der Waals surface area contributed by atoms with Gasteiger partial charge in [-0.3, -0.25) is 4.90 Å². The van der Waals surface area contributed by atoms with Gasteiger partial charge in [-0.2, -0.15) is 0 Å². The highest BCUT2D eigenvalue weighted by molar-refractivity contribution is 5.85. The van der Waals surface area contributed by atoms with Crippen LogP contribution < -0.4 is 5.73 Å². The molecule has 5 nitrogen and oxygen atoms in total. The number of anilines is 1. The van der Waals surface area contributed by atoms with Crippen LogP contribution in [0.1, 0.15) is 32.1 Å². The highest BCUT2D eigenvalue weighted by atomic mass is 16.5. The van der Waals surface area contributed by atoms with Crippen molar-refractivity contribution in [3.05, 3.63) is 24.1 Å². The van der Waals surface area contributed by atoms with E-state index in [2.05, 4.69) is 16.8 Å². The minimum Gasteiger partial charge on any atom is -0.439 e. The van der Waals surface area contributed by atoms with E-state index in [1.54, 1.807) is 0 Å². The third kappa shape index (κ3) is 3.36. The van der Waals surface area contributed by atoms with E-state index in [0.717, 1.165) is 62.5 Å². The lowest BCUT2D eigenvalue weighted by Crippen LogP contribution is -2.39. The lowest BCUT2D eigenvalue weighted by atomic mass is 10.1. The number of oxazole rings is 1. The maximum atomic E-state index is 5.92. The summed E-state index contributed by atoms with van der Waals surface area (Å²) in [6.07, 6.45) is 3.72. The van der Waals surface area contributed by atoms with Crippen molar-refractivity contribution in [2.45, 2.75) is 38.8 Å². The Labute approximate surface area is 125 Å². The van der Waals surface area contributed by atoms with Crippen molar-refractivity contribution in [1.29, 1.82) is 0 Å². The Morgan fingerprint density at radius 2 is 2.38 bits per heavy atom. The maximum absolute atomic E-state index is 5.92. The van der Waals surface area contributed by atoms with Crippen LogP contribution in [0.15, 0.2) is 22.6 Å². The highest BCUT2D eigenvalue weighted by Gasteiger charge is 2.22. The van der Waals surface area contributed by atoms with Crippen molar-refractivity contribution in [2.75, 3.05) is 25.4 Å². The summed E-state index contributed by atoms with van der Waals surface area (Å²) in [6, 6.07) is 5.65. The fourth-order valence-electron chi connectivity index (χ4n) is 2.85. The molecule has 114 valence electrons. The molecule has 5 heteroatoms. The molecule has 2 heterocycles. The second-order valence-electron chi connectivity index (χ2n) is 5.67. The highest BCUT2D eigenvalue weighted by Crippen LogP contribution is 2.23. The van der Waals surface area contributed by atoms with E-state index in [9.17, 15) is 0 Å². The smallest absolute Gasteiger partial charge is 0.209 e. The number of nitrogens with two attached hydrogens (primary N) is 1. The van der Waals surface area contributed by atoms with Crippen molar-refractivity contribution in [3.63, 3.8) is 0 Å². The van der Waals surface area contributed by atoms with Gasteiger partial charge in [0.2, 0.25) is 5.89 Å². The van der Waals surface area contributed by atoms with E-state index < -0.39 is 0 Å². The zero-order valence-corrected chi connectivity index (χ0v) is 12.5. The zero-order chi connectivity index (χ0) is 14.7. The van der Waals surface area contributed by atoms with Crippen LogP contribution in [0.25, 0.3) is 11.1 Å². The minimum absolute atomic E-state index is 0.341. The van der Waals surface area contributed by atoms with E-state index in [1.165, 1.54) is 0 Å². The molecule has 1 aliphatic rings. The average Bonchev–Trinajstić information content (AvgIpc) is 2.89. The molecule has 1 aromatic carbocycles. The Kier molecular flexibility index (Phi) is 4.41. The second kappa shape index (κ2) is 6.45. The van der Waals surface area contributed by atoms with Crippen molar-refractivity contribution < 1.29 is 9.15 Å². The monoisotopic (exact) mass is 289 g/mol. The molecule has 21 heavy (non-hydrogen) atoms. The predicted molar refractivity (Wildman–Crippen MR) is 83.0 cm³/mol. The van der Waals surface area contributed by atoms with E-state index in [-0.39, 0.29) is 0 Å². The number of aromatic nitrogens is 1. The van der Waals surface area contributed by atoms with E-state index in [4.69, 9.17) is 14.9 Å². The largest absolute Gasteiger partial charge is 0.439 e. The molecule has 1 aromatic heterocycles. The molecule has 1 unspecified atom stereocenters. The first kappa shape index (κ1) is 14.4. The van der Waals surface area contributed by atoms with Crippen LogP contribution in [0.2, 0.25) is 0 Å². The molecular formula is C16H23N3O2. The Bertz CT molecular complexity index is 596. The summed E-state index contributed by atoms with van der Waals surface area (Å²) >= 11 is 0. The van der Waals surface area contributed by atoms with Crippen LogP contribution in [0, 0.1) is 0 Å². The lowest BCUT2D eigenvalue weighted by molar-refractivity contribution is -0.00402. The van der Waals surface area contributed by atoms with Crippen LogP contribution >= 0.6 is 0 Å². The van der Waals surface area contributed by atoms with Gasteiger partial charge in [0.25, 0.3) is 0 Å². The molecule has 1 atom stereocenters. The van der Waals surface area contributed by atoms with E-state index in [1.807, 2.05) is 18.2 Å². The number of hydrogen-bond donors (Lipinski definition) is 1. The molecule has 0 radical (unpaired) electrons. The average molecular weight is 289 g/mol. The van der Waals surface area contributed by atoms with Gasteiger partial charge >= 0.3 is 0 Å². The third-order valence-corrected chi connectivity index (χ3v) is 3.87. The van der Waals surface area contributed by atoms with Gasteiger partial charge in [0.1, 0.15) is 5.52 Å². The molecule has 0 bridgehead atoms. The minimum atomic E-state index is 0.341. The number of hydrogen-bond acceptors (Lipinski definition) is 5. The molecule has 2 aromatic rings. The Morgan fingerprint density at radius 3 is 3.19 bits per heavy atom.